The van der Waals surface area contributed by atoms with E-state index in [9.17, 15) is 4.79 Å². The summed E-state index contributed by atoms with van der Waals surface area (Å²) in [4.78, 5) is 13.2. The van der Waals surface area contributed by atoms with Gasteiger partial charge in [-0.25, -0.2) is 4.79 Å². The highest BCUT2D eigenvalue weighted by Gasteiger charge is 2.37. The molecule has 1 saturated carbocycles. The van der Waals surface area contributed by atoms with Gasteiger partial charge >= 0.3 is 6.09 Å². The number of thiol groups is 1. The number of ether oxygens (including phenoxy) is 1. The van der Waals surface area contributed by atoms with Crippen LogP contribution in [-0.4, -0.2) is 29.0 Å². The van der Waals surface area contributed by atoms with Gasteiger partial charge in [0.15, 0.2) is 0 Å². The number of carbonyl (C=O) groups is 1. The average molecular weight is 231 g/mol. The van der Waals surface area contributed by atoms with Crippen LogP contribution >= 0.6 is 12.6 Å². The normalized spacial score (nSPS) is 19.7. The van der Waals surface area contributed by atoms with Gasteiger partial charge in [0, 0.05) is 6.54 Å². The fourth-order valence-electron chi connectivity index (χ4n) is 2.18. The predicted molar refractivity (Wildman–Crippen MR) is 64.2 cm³/mol. The minimum Gasteiger partial charge on any atom is -0.450 e. The maximum absolute atomic E-state index is 11.7. The highest BCUT2D eigenvalue weighted by Crippen LogP contribution is 2.37. The summed E-state index contributed by atoms with van der Waals surface area (Å²) in [5.41, 5.74) is 0. The van der Waals surface area contributed by atoms with Crippen LogP contribution in [0.4, 0.5) is 4.79 Å². The maximum atomic E-state index is 11.7. The van der Waals surface area contributed by atoms with Gasteiger partial charge in [0.05, 0.1) is 11.5 Å². The molecule has 1 rings (SSSR count). The van der Waals surface area contributed by atoms with Crippen molar-refractivity contribution >= 4 is 18.7 Å². The first-order valence-corrected chi connectivity index (χ1v) is 6.25. The van der Waals surface area contributed by atoms with Gasteiger partial charge < -0.3 is 4.74 Å². The van der Waals surface area contributed by atoms with Crippen LogP contribution in [0.1, 0.15) is 46.0 Å². The summed E-state index contributed by atoms with van der Waals surface area (Å²) >= 11 is 4.68. The molecule has 0 bridgehead atoms. The van der Waals surface area contributed by atoms with E-state index in [-0.39, 0.29) is 11.0 Å². The quantitative estimate of drug-likeness (QED) is 0.597. The number of hydrogen-bond acceptors (Lipinski definition) is 3. The minimum absolute atomic E-state index is 0.225. The third-order valence-electron chi connectivity index (χ3n) is 2.96. The third-order valence-corrected chi connectivity index (χ3v) is 3.65. The highest BCUT2D eigenvalue weighted by molar-refractivity contribution is 7.81. The van der Waals surface area contributed by atoms with Gasteiger partial charge in [0.25, 0.3) is 0 Å². The first-order valence-electron chi connectivity index (χ1n) is 5.81. The second-order valence-corrected chi connectivity index (χ2v) is 4.82. The van der Waals surface area contributed by atoms with Crippen LogP contribution in [0, 0.1) is 0 Å². The Kier molecular flexibility index (Phi) is 4.77. The lowest BCUT2D eigenvalue weighted by atomic mass is 9.93. The summed E-state index contributed by atoms with van der Waals surface area (Å²) in [5.74, 6) is 0. The molecule has 1 amide bonds. The molecule has 1 fully saturated rings. The predicted octanol–water partition coefficient (Wildman–Crippen LogP) is 3.06. The first kappa shape index (κ1) is 12.7. The van der Waals surface area contributed by atoms with Crippen LogP contribution in [0.25, 0.3) is 0 Å². The number of carbonyl (C=O) groups excluding carboxylic acids is 1. The van der Waals surface area contributed by atoms with Gasteiger partial charge in [-0.3, -0.25) is 4.90 Å². The van der Waals surface area contributed by atoms with Crippen molar-refractivity contribution < 1.29 is 9.53 Å². The summed E-state index contributed by atoms with van der Waals surface area (Å²) in [7, 11) is 0. The average Bonchev–Trinajstić information content (AvgIpc) is 2.19. The van der Waals surface area contributed by atoms with Gasteiger partial charge in [0.2, 0.25) is 0 Å². The molecule has 0 aromatic carbocycles. The van der Waals surface area contributed by atoms with Gasteiger partial charge in [-0.2, -0.15) is 12.6 Å². The number of rotatable bonds is 3. The lowest BCUT2D eigenvalue weighted by molar-refractivity contribution is 0.0737. The Morgan fingerprint density at radius 2 is 1.93 bits per heavy atom. The van der Waals surface area contributed by atoms with Crippen LogP contribution in [0.2, 0.25) is 0 Å². The van der Waals surface area contributed by atoms with E-state index in [0.29, 0.717) is 13.2 Å². The number of hydrogen-bond donors (Lipinski definition) is 1. The molecule has 0 aromatic rings. The standard InChI is InChI=1S/C11H21NO2S/c1-3-12(10(13)14-4-2)11(15)8-6-5-7-9-11/h15H,3-9H2,1-2H3. The molecule has 0 N–H and O–H groups in total. The Morgan fingerprint density at radius 3 is 2.40 bits per heavy atom. The summed E-state index contributed by atoms with van der Waals surface area (Å²) in [6, 6.07) is 0. The Morgan fingerprint density at radius 1 is 1.33 bits per heavy atom. The van der Waals surface area contributed by atoms with Crippen molar-refractivity contribution in [1.29, 1.82) is 0 Å². The van der Waals surface area contributed by atoms with Crippen LogP contribution in [0.3, 0.4) is 0 Å². The molecule has 4 heteroatoms. The van der Waals surface area contributed by atoms with Crippen molar-refractivity contribution in [2.75, 3.05) is 13.2 Å². The molecular formula is C11H21NO2S. The van der Waals surface area contributed by atoms with E-state index in [4.69, 9.17) is 4.74 Å². The Bertz CT molecular complexity index is 215. The van der Waals surface area contributed by atoms with Gasteiger partial charge in [-0.05, 0) is 26.7 Å². The van der Waals surface area contributed by atoms with Crippen LogP contribution < -0.4 is 0 Å². The Labute approximate surface area is 97.6 Å². The van der Waals surface area contributed by atoms with E-state index in [1.54, 1.807) is 4.90 Å². The Balaban J connectivity index is 2.66. The van der Waals surface area contributed by atoms with Crippen molar-refractivity contribution in [3.63, 3.8) is 0 Å². The van der Waals surface area contributed by atoms with E-state index in [0.717, 1.165) is 25.7 Å². The van der Waals surface area contributed by atoms with E-state index >= 15 is 0 Å². The molecule has 1 aliphatic carbocycles. The summed E-state index contributed by atoms with van der Waals surface area (Å²) in [6.45, 7) is 4.91. The zero-order valence-electron chi connectivity index (χ0n) is 9.66. The molecule has 15 heavy (non-hydrogen) atoms. The molecule has 88 valence electrons. The zero-order chi connectivity index (χ0) is 11.3. The second-order valence-electron chi connectivity index (χ2n) is 3.99. The molecule has 0 spiro atoms. The molecule has 0 aliphatic heterocycles. The highest BCUT2D eigenvalue weighted by atomic mass is 32.1. The molecule has 0 saturated heterocycles. The van der Waals surface area contributed by atoms with Crippen LogP contribution in [0.15, 0.2) is 0 Å². The van der Waals surface area contributed by atoms with E-state index in [1.807, 2.05) is 13.8 Å². The van der Waals surface area contributed by atoms with Crippen molar-refractivity contribution in [2.24, 2.45) is 0 Å². The maximum Gasteiger partial charge on any atom is 0.410 e. The molecular weight excluding hydrogens is 210 g/mol. The number of nitrogens with zero attached hydrogens (tertiary/aromatic N) is 1. The van der Waals surface area contributed by atoms with Gasteiger partial charge in [-0.1, -0.05) is 19.3 Å². The van der Waals surface area contributed by atoms with Crippen molar-refractivity contribution in [2.45, 2.75) is 50.8 Å². The third kappa shape index (κ3) is 3.03. The first-order chi connectivity index (χ1) is 7.14. The zero-order valence-corrected chi connectivity index (χ0v) is 10.6. The van der Waals surface area contributed by atoms with Crippen molar-refractivity contribution in [1.82, 2.24) is 4.90 Å². The summed E-state index contributed by atoms with van der Waals surface area (Å²) in [5, 5.41) is 0. The fourth-order valence-corrected chi connectivity index (χ4v) is 2.72. The second kappa shape index (κ2) is 5.64. The Hall–Kier alpha value is -0.380. The monoisotopic (exact) mass is 231 g/mol. The molecule has 0 heterocycles. The molecule has 0 aromatic heterocycles. The van der Waals surface area contributed by atoms with Crippen LogP contribution in [0.5, 0.6) is 0 Å². The van der Waals surface area contributed by atoms with E-state index < -0.39 is 0 Å². The molecule has 1 aliphatic rings. The lowest BCUT2D eigenvalue weighted by Crippen LogP contribution is -2.49. The van der Waals surface area contributed by atoms with Crippen molar-refractivity contribution in [3.8, 4) is 0 Å². The molecule has 0 unspecified atom stereocenters. The number of amides is 1. The largest absolute Gasteiger partial charge is 0.450 e. The lowest BCUT2D eigenvalue weighted by Gasteiger charge is -2.41. The summed E-state index contributed by atoms with van der Waals surface area (Å²) in [6.07, 6.45) is 5.28. The van der Waals surface area contributed by atoms with Gasteiger partial charge in [-0.15, -0.1) is 0 Å². The van der Waals surface area contributed by atoms with Crippen LogP contribution in [-0.2, 0) is 4.74 Å². The van der Waals surface area contributed by atoms with E-state index in [2.05, 4.69) is 12.6 Å². The molecule has 3 nitrogen and oxygen atoms in total. The van der Waals surface area contributed by atoms with Crippen molar-refractivity contribution in [3.05, 3.63) is 0 Å². The smallest absolute Gasteiger partial charge is 0.410 e. The topological polar surface area (TPSA) is 29.5 Å². The minimum atomic E-state index is -0.279. The van der Waals surface area contributed by atoms with Gasteiger partial charge in [0.1, 0.15) is 0 Å². The molecule has 0 radical (unpaired) electrons. The van der Waals surface area contributed by atoms with E-state index in [1.165, 1.54) is 6.42 Å². The SMILES string of the molecule is CCOC(=O)N(CC)C1(S)CCCCC1. The fraction of sp³-hybridized carbons (Fsp3) is 0.909. The summed E-state index contributed by atoms with van der Waals surface area (Å²) < 4.78 is 5.05. The molecule has 0 atom stereocenters.